The Morgan fingerprint density at radius 2 is 1.95 bits per heavy atom. The van der Waals surface area contributed by atoms with Crippen LogP contribution in [0.4, 0.5) is 5.69 Å². The van der Waals surface area contributed by atoms with Crippen LogP contribution in [0.25, 0.3) is 0 Å². The lowest BCUT2D eigenvalue weighted by Gasteiger charge is -2.35. The molecule has 3 rings (SSSR count). The Kier molecular flexibility index (Phi) is 4.27. The summed E-state index contributed by atoms with van der Waals surface area (Å²) >= 11 is 0. The number of carbonyl (C=O) groups excluding carboxylic acids is 1. The van der Waals surface area contributed by atoms with E-state index in [1.807, 2.05) is 4.90 Å². The molecule has 21 heavy (non-hydrogen) atoms. The van der Waals surface area contributed by atoms with E-state index in [1.54, 1.807) is 0 Å². The van der Waals surface area contributed by atoms with Crippen LogP contribution in [-0.4, -0.2) is 50.2 Å². The van der Waals surface area contributed by atoms with Crippen molar-refractivity contribution < 1.29 is 9.53 Å². The average molecular weight is 288 g/mol. The second kappa shape index (κ2) is 6.16. The second-order valence-electron chi connectivity index (χ2n) is 6.36. The van der Waals surface area contributed by atoms with Crippen molar-refractivity contribution in [1.82, 2.24) is 4.90 Å². The summed E-state index contributed by atoms with van der Waals surface area (Å²) in [6.45, 7) is 9.15. The highest BCUT2D eigenvalue weighted by atomic mass is 16.5. The Balaban J connectivity index is 1.63. The molecule has 0 aliphatic carbocycles. The lowest BCUT2D eigenvalue weighted by atomic mass is 10.1. The molecule has 1 aromatic carbocycles. The molecule has 2 aliphatic heterocycles. The van der Waals surface area contributed by atoms with E-state index in [9.17, 15) is 4.79 Å². The lowest BCUT2D eigenvalue weighted by molar-refractivity contribution is -0.121. The van der Waals surface area contributed by atoms with Gasteiger partial charge in [-0.1, -0.05) is 6.07 Å². The first-order valence-electron chi connectivity index (χ1n) is 7.80. The Morgan fingerprint density at radius 1 is 1.19 bits per heavy atom. The minimum Gasteiger partial charge on any atom is -0.381 e. The maximum absolute atomic E-state index is 12.5. The average Bonchev–Trinajstić information content (AvgIpc) is 2.90. The van der Waals surface area contributed by atoms with E-state index < -0.39 is 0 Å². The predicted octanol–water partition coefficient (Wildman–Crippen LogP) is 1.99. The monoisotopic (exact) mass is 288 g/mol. The molecule has 1 aromatic rings. The van der Waals surface area contributed by atoms with E-state index in [-0.39, 0.29) is 5.91 Å². The molecule has 0 unspecified atom stereocenters. The van der Waals surface area contributed by atoms with E-state index in [2.05, 4.69) is 36.9 Å². The standard InChI is InChI=1S/C17H24N2O2/c1-13-7-14(2)9-16(8-13)19-5-4-18(11-17(19)20)10-15-3-6-21-12-15/h7-9,15H,3-6,10-12H2,1-2H3/t15-/m0/s1. The van der Waals surface area contributed by atoms with Gasteiger partial charge in [0.25, 0.3) is 0 Å². The van der Waals surface area contributed by atoms with Crippen LogP contribution in [0.3, 0.4) is 0 Å². The summed E-state index contributed by atoms with van der Waals surface area (Å²) in [5.74, 6) is 0.815. The summed E-state index contributed by atoms with van der Waals surface area (Å²) < 4.78 is 5.42. The molecule has 0 aromatic heterocycles. The number of piperazine rings is 1. The second-order valence-corrected chi connectivity index (χ2v) is 6.36. The van der Waals surface area contributed by atoms with Gasteiger partial charge in [-0.15, -0.1) is 0 Å². The van der Waals surface area contributed by atoms with Crippen LogP contribution in [0.1, 0.15) is 17.5 Å². The summed E-state index contributed by atoms with van der Waals surface area (Å²) in [5, 5.41) is 0. The summed E-state index contributed by atoms with van der Waals surface area (Å²) in [5.41, 5.74) is 3.47. The molecule has 0 bridgehead atoms. The molecule has 2 saturated heterocycles. The topological polar surface area (TPSA) is 32.8 Å². The fourth-order valence-electron chi connectivity index (χ4n) is 3.35. The summed E-state index contributed by atoms with van der Waals surface area (Å²) in [6.07, 6.45) is 1.13. The number of carbonyl (C=O) groups is 1. The fourth-order valence-corrected chi connectivity index (χ4v) is 3.35. The van der Waals surface area contributed by atoms with Crippen LogP contribution in [0.5, 0.6) is 0 Å². The van der Waals surface area contributed by atoms with Crippen LogP contribution < -0.4 is 4.90 Å². The number of ether oxygens (including phenoxy) is 1. The van der Waals surface area contributed by atoms with Gasteiger partial charge in [0.2, 0.25) is 5.91 Å². The third kappa shape index (κ3) is 3.44. The zero-order chi connectivity index (χ0) is 14.8. The first-order chi connectivity index (χ1) is 10.1. The number of hydrogen-bond acceptors (Lipinski definition) is 3. The van der Waals surface area contributed by atoms with Crippen LogP contribution in [0, 0.1) is 19.8 Å². The zero-order valence-corrected chi connectivity index (χ0v) is 13.0. The number of aryl methyl sites for hydroxylation is 2. The van der Waals surface area contributed by atoms with E-state index in [1.165, 1.54) is 11.1 Å². The van der Waals surface area contributed by atoms with Crippen molar-refractivity contribution in [3.05, 3.63) is 29.3 Å². The minimum atomic E-state index is 0.213. The van der Waals surface area contributed by atoms with Crippen LogP contribution in [0.2, 0.25) is 0 Å². The van der Waals surface area contributed by atoms with Crippen LogP contribution >= 0.6 is 0 Å². The molecule has 2 fully saturated rings. The third-order valence-corrected chi connectivity index (χ3v) is 4.36. The van der Waals surface area contributed by atoms with Gasteiger partial charge in [-0.25, -0.2) is 0 Å². The van der Waals surface area contributed by atoms with E-state index in [0.717, 1.165) is 45.0 Å². The molecule has 0 saturated carbocycles. The predicted molar refractivity (Wildman–Crippen MR) is 83.6 cm³/mol. The number of rotatable bonds is 3. The number of amides is 1. The van der Waals surface area contributed by atoms with Gasteiger partial charge in [-0.05, 0) is 49.4 Å². The van der Waals surface area contributed by atoms with Crippen molar-refractivity contribution >= 4 is 11.6 Å². The molecule has 2 heterocycles. The van der Waals surface area contributed by atoms with Crippen molar-refractivity contribution in [3.63, 3.8) is 0 Å². The molecule has 2 aliphatic rings. The van der Waals surface area contributed by atoms with Gasteiger partial charge >= 0.3 is 0 Å². The Morgan fingerprint density at radius 3 is 2.57 bits per heavy atom. The molecule has 0 N–H and O–H groups in total. The SMILES string of the molecule is Cc1cc(C)cc(N2CCN(C[C@@H]3CCOC3)CC2=O)c1. The van der Waals surface area contributed by atoms with Gasteiger partial charge < -0.3 is 9.64 Å². The Labute approximate surface area is 126 Å². The van der Waals surface area contributed by atoms with Gasteiger partial charge in [-0.3, -0.25) is 9.69 Å². The summed E-state index contributed by atoms with van der Waals surface area (Å²) in [4.78, 5) is 16.7. The number of hydrogen-bond donors (Lipinski definition) is 0. The summed E-state index contributed by atoms with van der Waals surface area (Å²) in [6, 6.07) is 6.35. The largest absolute Gasteiger partial charge is 0.381 e. The van der Waals surface area contributed by atoms with Crippen molar-refractivity contribution in [2.75, 3.05) is 44.3 Å². The molecule has 114 valence electrons. The third-order valence-electron chi connectivity index (χ3n) is 4.36. The molecule has 1 atom stereocenters. The van der Waals surface area contributed by atoms with Gasteiger partial charge in [0, 0.05) is 31.9 Å². The highest BCUT2D eigenvalue weighted by Crippen LogP contribution is 2.22. The van der Waals surface area contributed by atoms with Crippen LogP contribution in [-0.2, 0) is 9.53 Å². The maximum Gasteiger partial charge on any atom is 0.241 e. The molecule has 4 nitrogen and oxygen atoms in total. The van der Waals surface area contributed by atoms with Crippen molar-refractivity contribution in [3.8, 4) is 0 Å². The van der Waals surface area contributed by atoms with Gasteiger partial charge in [-0.2, -0.15) is 0 Å². The zero-order valence-electron chi connectivity index (χ0n) is 13.0. The van der Waals surface area contributed by atoms with E-state index in [0.29, 0.717) is 12.5 Å². The molecule has 4 heteroatoms. The normalized spacial score (nSPS) is 23.8. The Hall–Kier alpha value is -1.39. The number of benzene rings is 1. The van der Waals surface area contributed by atoms with Gasteiger partial charge in [0.1, 0.15) is 0 Å². The lowest BCUT2D eigenvalue weighted by Crippen LogP contribution is -2.51. The highest BCUT2D eigenvalue weighted by Gasteiger charge is 2.27. The van der Waals surface area contributed by atoms with E-state index >= 15 is 0 Å². The van der Waals surface area contributed by atoms with Crippen molar-refractivity contribution in [2.24, 2.45) is 5.92 Å². The minimum absolute atomic E-state index is 0.213. The molecule has 0 spiro atoms. The van der Waals surface area contributed by atoms with Crippen LogP contribution in [0.15, 0.2) is 18.2 Å². The highest BCUT2D eigenvalue weighted by molar-refractivity contribution is 5.95. The quantitative estimate of drug-likeness (QED) is 0.853. The first-order valence-corrected chi connectivity index (χ1v) is 7.80. The Bertz CT molecular complexity index is 503. The molecular weight excluding hydrogens is 264 g/mol. The maximum atomic E-state index is 12.5. The number of anilines is 1. The fraction of sp³-hybridized carbons (Fsp3) is 0.588. The van der Waals surface area contributed by atoms with Gasteiger partial charge in [0.05, 0.1) is 13.2 Å². The first kappa shape index (κ1) is 14.5. The number of nitrogens with zero attached hydrogens (tertiary/aromatic N) is 2. The van der Waals surface area contributed by atoms with Crippen molar-refractivity contribution in [2.45, 2.75) is 20.3 Å². The summed E-state index contributed by atoms with van der Waals surface area (Å²) in [7, 11) is 0. The van der Waals surface area contributed by atoms with Crippen molar-refractivity contribution in [1.29, 1.82) is 0 Å². The smallest absolute Gasteiger partial charge is 0.241 e. The van der Waals surface area contributed by atoms with E-state index in [4.69, 9.17) is 4.74 Å². The van der Waals surface area contributed by atoms with Gasteiger partial charge in [0.15, 0.2) is 0 Å². The molecule has 0 radical (unpaired) electrons. The molecular formula is C17H24N2O2. The molecule has 1 amide bonds.